The Bertz CT molecular complexity index is 1450. The number of amides is 3. The lowest BCUT2D eigenvalue weighted by Crippen LogP contribution is -2.44. The van der Waals surface area contributed by atoms with Gasteiger partial charge in [0.2, 0.25) is 0 Å². The molecule has 0 aliphatic carbocycles. The Morgan fingerprint density at radius 1 is 1.03 bits per heavy atom. The predicted molar refractivity (Wildman–Crippen MR) is 136 cm³/mol. The molecule has 0 saturated carbocycles. The number of benzene rings is 3. The molecule has 0 unspecified atom stereocenters. The molecule has 3 aromatic carbocycles. The van der Waals surface area contributed by atoms with Gasteiger partial charge in [-0.2, -0.15) is 0 Å². The Kier molecular flexibility index (Phi) is 5.89. The molecule has 1 aromatic heterocycles. The van der Waals surface area contributed by atoms with Crippen molar-refractivity contribution in [2.45, 2.75) is 0 Å². The van der Waals surface area contributed by atoms with Gasteiger partial charge in [-0.1, -0.05) is 51.8 Å². The smallest absolute Gasteiger partial charge is 0.271 e. The van der Waals surface area contributed by atoms with Gasteiger partial charge in [0.25, 0.3) is 17.7 Å². The summed E-state index contributed by atoms with van der Waals surface area (Å²) in [7, 11) is 1.52. The zero-order valence-electron chi connectivity index (χ0n) is 17.7. The highest BCUT2D eigenvalue weighted by Gasteiger charge is 2.38. The van der Waals surface area contributed by atoms with E-state index >= 15 is 0 Å². The van der Waals surface area contributed by atoms with Gasteiger partial charge in [-0.3, -0.25) is 24.2 Å². The van der Waals surface area contributed by atoms with E-state index in [0.717, 1.165) is 19.5 Å². The summed E-state index contributed by atoms with van der Waals surface area (Å²) in [5.41, 5.74) is 1.10. The second-order valence-corrected chi connectivity index (χ2v) is 9.89. The average Bonchev–Trinajstić information content (AvgIpc) is 3.30. The highest BCUT2D eigenvalue weighted by atomic mass is 79.9. The maximum Gasteiger partial charge on any atom is 0.271 e. The van der Waals surface area contributed by atoms with Gasteiger partial charge in [-0.25, -0.2) is 0 Å². The summed E-state index contributed by atoms with van der Waals surface area (Å²) in [5.74, 6) is -0.795. The lowest BCUT2D eigenvalue weighted by molar-refractivity contribution is 0.0650. The van der Waals surface area contributed by atoms with E-state index in [0.29, 0.717) is 32.5 Å². The van der Waals surface area contributed by atoms with Crippen LogP contribution in [0.1, 0.15) is 30.4 Å². The van der Waals surface area contributed by atoms with Crippen molar-refractivity contribution in [2.75, 3.05) is 18.7 Å². The number of carbonyl (C=O) groups excluding carboxylic acids is 3. The normalized spacial score (nSPS) is 12.9. The van der Waals surface area contributed by atoms with E-state index in [4.69, 9.17) is 16.3 Å². The van der Waals surface area contributed by atoms with E-state index in [1.807, 2.05) is 18.2 Å². The molecule has 0 spiro atoms. The van der Waals surface area contributed by atoms with Gasteiger partial charge in [0.1, 0.15) is 17.3 Å². The van der Waals surface area contributed by atoms with Gasteiger partial charge in [-0.05, 0) is 36.4 Å². The molecule has 0 saturated heterocycles. The van der Waals surface area contributed by atoms with E-state index in [1.165, 1.54) is 23.3 Å². The number of rotatable bonds is 5. The Hall–Kier alpha value is -3.20. The van der Waals surface area contributed by atoms with Crippen molar-refractivity contribution in [1.82, 2.24) is 4.90 Å². The molecule has 0 atom stereocenters. The topological polar surface area (TPSA) is 66.9 Å². The molecule has 0 N–H and O–H groups in total. The Morgan fingerprint density at radius 2 is 1.74 bits per heavy atom. The molecular weight excluding hydrogens is 540 g/mol. The molecule has 0 radical (unpaired) electrons. The molecule has 2 heterocycles. The fourth-order valence-electron chi connectivity index (χ4n) is 3.85. The zero-order valence-corrected chi connectivity index (χ0v) is 20.9. The van der Waals surface area contributed by atoms with E-state index in [9.17, 15) is 14.4 Å². The number of thiophene rings is 1. The number of carbonyl (C=O) groups is 3. The lowest BCUT2D eigenvalue weighted by Gasteiger charge is -2.27. The third kappa shape index (κ3) is 3.77. The van der Waals surface area contributed by atoms with Crippen LogP contribution >= 0.6 is 38.9 Å². The van der Waals surface area contributed by atoms with Crippen molar-refractivity contribution < 1.29 is 19.1 Å². The van der Waals surface area contributed by atoms with Crippen LogP contribution in [0.25, 0.3) is 10.1 Å². The van der Waals surface area contributed by atoms with Gasteiger partial charge in [0.05, 0.1) is 23.3 Å². The standard InChI is InChI=1S/C25H16BrClN2O4S/c1-33-16-6-4-5-15(12-16)28(13-29-23(30)17-7-2-3-8-18(17)24(29)31)25(32)22-21(27)19-10-9-14(26)11-20(19)34-22/h2-12H,13H2,1H3. The van der Waals surface area contributed by atoms with Crippen LogP contribution in [-0.4, -0.2) is 36.4 Å². The number of imide groups is 1. The van der Waals surface area contributed by atoms with Gasteiger partial charge in [0, 0.05) is 26.3 Å². The Labute approximate surface area is 212 Å². The first-order valence-corrected chi connectivity index (χ1v) is 12.2. The number of nitrogens with zero attached hydrogens (tertiary/aromatic N) is 2. The molecule has 1 aliphatic heterocycles. The number of fused-ring (bicyclic) bond motifs is 2. The van der Waals surface area contributed by atoms with Crippen LogP contribution in [-0.2, 0) is 0 Å². The van der Waals surface area contributed by atoms with E-state index in [1.54, 1.807) is 48.5 Å². The van der Waals surface area contributed by atoms with Crippen molar-refractivity contribution in [3.05, 3.63) is 92.2 Å². The molecule has 170 valence electrons. The molecular formula is C25H16BrClN2O4S. The summed E-state index contributed by atoms with van der Waals surface area (Å²) < 4.78 is 7.03. The molecule has 0 fully saturated rings. The van der Waals surface area contributed by atoms with Gasteiger partial charge in [0.15, 0.2) is 0 Å². The van der Waals surface area contributed by atoms with Gasteiger partial charge >= 0.3 is 0 Å². The van der Waals surface area contributed by atoms with Crippen molar-refractivity contribution in [3.8, 4) is 5.75 Å². The third-order valence-corrected chi connectivity index (χ3v) is 7.70. The maximum atomic E-state index is 13.8. The highest BCUT2D eigenvalue weighted by molar-refractivity contribution is 9.10. The SMILES string of the molecule is COc1cccc(N(CN2C(=O)c3ccccc3C2=O)C(=O)c2sc3cc(Br)ccc3c2Cl)c1. The van der Waals surface area contributed by atoms with Crippen LogP contribution in [0.2, 0.25) is 5.02 Å². The van der Waals surface area contributed by atoms with Crippen LogP contribution in [0.5, 0.6) is 5.75 Å². The van der Waals surface area contributed by atoms with Crippen molar-refractivity contribution >= 4 is 72.4 Å². The Morgan fingerprint density at radius 3 is 2.41 bits per heavy atom. The van der Waals surface area contributed by atoms with Gasteiger partial charge in [-0.15, -0.1) is 11.3 Å². The molecule has 4 aromatic rings. The second kappa shape index (κ2) is 8.87. The number of halogens is 2. The van der Waals surface area contributed by atoms with Crippen LogP contribution < -0.4 is 9.64 Å². The van der Waals surface area contributed by atoms with Crippen LogP contribution in [0.15, 0.2) is 71.2 Å². The minimum Gasteiger partial charge on any atom is -0.497 e. The first kappa shape index (κ1) is 22.6. The Balaban J connectivity index is 1.58. The highest BCUT2D eigenvalue weighted by Crippen LogP contribution is 2.38. The summed E-state index contributed by atoms with van der Waals surface area (Å²) >= 11 is 11.3. The maximum absolute atomic E-state index is 13.8. The van der Waals surface area contributed by atoms with Crippen LogP contribution in [0.4, 0.5) is 5.69 Å². The molecule has 6 nitrogen and oxygen atoms in total. The van der Waals surface area contributed by atoms with Crippen molar-refractivity contribution in [1.29, 1.82) is 0 Å². The minimum absolute atomic E-state index is 0.271. The quantitative estimate of drug-likeness (QED) is 0.274. The van der Waals surface area contributed by atoms with E-state index in [2.05, 4.69) is 15.9 Å². The van der Waals surface area contributed by atoms with Crippen molar-refractivity contribution in [2.24, 2.45) is 0 Å². The van der Waals surface area contributed by atoms with E-state index in [-0.39, 0.29) is 6.67 Å². The molecule has 5 rings (SSSR count). The number of methoxy groups -OCH3 is 1. The predicted octanol–water partition coefficient (Wildman–Crippen LogP) is 6.23. The third-order valence-electron chi connectivity index (χ3n) is 5.56. The summed E-state index contributed by atoms with van der Waals surface area (Å²) in [5, 5.41) is 1.08. The zero-order chi connectivity index (χ0) is 24.0. The van der Waals surface area contributed by atoms with Gasteiger partial charge < -0.3 is 4.74 Å². The number of anilines is 1. The molecule has 1 aliphatic rings. The van der Waals surface area contributed by atoms with E-state index < -0.39 is 17.7 Å². The summed E-state index contributed by atoms with van der Waals surface area (Å²) in [4.78, 5) is 42.6. The number of hydrogen-bond donors (Lipinski definition) is 0. The van der Waals surface area contributed by atoms with Crippen LogP contribution in [0, 0.1) is 0 Å². The summed E-state index contributed by atoms with van der Waals surface area (Å²) in [6, 6.07) is 19.1. The minimum atomic E-state index is -0.451. The fraction of sp³-hybridized carbons (Fsp3) is 0.0800. The summed E-state index contributed by atoms with van der Waals surface area (Å²) in [6.07, 6.45) is 0. The molecule has 3 amide bonds. The average molecular weight is 556 g/mol. The molecule has 9 heteroatoms. The molecule has 34 heavy (non-hydrogen) atoms. The van der Waals surface area contributed by atoms with Crippen LogP contribution in [0.3, 0.4) is 0 Å². The fourth-order valence-corrected chi connectivity index (χ4v) is 5.86. The summed E-state index contributed by atoms with van der Waals surface area (Å²) in [6.45, 7) is -0.271. The second-order valence-electron chi connectivity index (χ2n) is 7.55. The number of hydrogen-bond acceptors (Lipinski definition) is 5. The molecule has 0 bridgehead atoms. The first-order valence-electron chi connectivity index (χ1n) is 10.2. The lowest BCUT2D eigenvalue weighted by atomic mass is 10.1. The van der Waals surface area contributed by atoms with Crippen molar-refractivity contribution in [3.63, 3.8) is 0 Å². The first-order chi connectivity index (χ1) is 16.4. The number of ether oxygens (including phenoxy) is 1. The largest absolute Gasteiger partial charge is 0.497 e. The monoisotopic (exact) mass is 554 g/mol.